The number of carbonyl (C=O) groups is 2. The summed E-state index contributed by atoms with van der Waals surface area (Å²) in [7, 11) is 0. The third-order valence-electron chi connectivity index (χ3n) is 7.42. The Morgan fingerprint density at radius 1 is 0.711 bits per heavy atom. The second-order valence-corrected chi connectivity index (χ2v) is 10.6. The molecule has 0 atom stereocenters. The van der Waals surface area contributed by atoms with Gasteiger partial charge in [-0.3, -0.25) is 9.59 Å². The van der Waals surface area contributed by atoms with E-state index in [2.05, 4.69) is 37.2 Å². The van der Waals surface area contributed by atoms with Crippen LogP contribution in [0.2, 0.25) is 0 Å². The van der Waals surface area contributed by atoms with E-state index in [1.54, 1.807) is 19.1 Å². The molecule has 0 unspecified atom stereocenters. The third-order valence-corrected chi connectivity index (χ3v) is 7.42. The molecule has 0 aliphatic heterocycles. The molecule has 0 aliphatic rings. The second kappa shape index (κ2) is 14.5. The van der Waals surface area contributed by atoms with Gasteiger partial charge in [0.1, 0.15) is 16.9 Å². The molecule has 0 fully saturated rings. The van der Waals surface area contributed by atoms with Crippen molar-refractivity contribution in [3.05, 3.63) is 88.8 Å². The van der Waals surface area contributed by atoms with Crippen LogP contribution in [0.1, 0.15) is 39.8 Å². The van der Waals surface area contributed by atoms with E-state index in [9.17, 15) is 9.59 Å². The highest BCUT2D eigenvalue weighted by molar-refractivity contribution is 6.19. The molecule has 4 N–H and O–H groups in total. The molecule has 228 valence electrons. The molecule has 10 nitrogen and oxygen atoms in total. The largest absolute Gasteiger partial charge is 0.351 e. The predicted octanol–water partition coefficient (Wildman–Crippen LogP) is 3.45. The number of nitrogens with zero attached hydrogens (tertiary/aromatic N) is 4. The van der Waals surface area contributed by atoms with Crippen LogP contribution in [0.15, 0.2) is 60.7 Å². The SMILES string of the molecule is C#Cc1nc2cccc(C)c2nc1/C(=C\C)C(=O)NCCNCCNCCNC(=O)c1cccc2nc3cccc(C)c3nc12. The summed E-state index contributed by atoms with van der Waals surface area (Å²) in [5.74, 6) is 2.13. The number of hydrogen-bond donors (Lipinski definition) is 4. The van der Waals surface area contributed by atoms with Gasteiger partial charge in [-0.2, -0.15) is 0 Å². The number of para-hydroxylation sites is 3. The maximum Gasteiger partial charge on any atom is 0.253 e. The lowest BCUT2D eigenvalue weighted by atomic mass is 10.1. The Kier molecular flexibility index (Phi) is 10.0. The number of benzene rings is 3. The maximum atomic E-state index is 13.0. The van der Waals surface area contributed by atoms with E-state index in [1.165, 1.54) is 0 Å². The first kappa shape index (κ1) is 31.2. The molecule has 2 aromatic heterocycles. The summed E-state index contributed by atoms with van der Waals surface area (Å²) in [5, 5.41) is 12.5. The standard InChI is InChI=1S/C35H36N8O2/c1-5-24(32-26(6-2)40-27-13-7-10-22(3)30(27)42-32)34(44)38-20-18-36-16-17-37-19-21-39-35(45)25-12-9-15-29-33(25)43-31-23(4)11-8-14-28(31)41-29/h2,5,7-15,36-37H,16-21H2,1,3-4H3,(H,38,44)(H,39,45)/b24-5+. The third kappa shape index (κ3) is 7.12. The van der Waals surface area contributed by atoms with Crippen LogP contribution in [0.5, 0.6) is 0 Å². The number of hydrogen-bond acceptors (Lipinski definition) is 8. The van der Waals surface area contributed by atoms with Crippen molar-refractivity contribution in [2.75, 3.05) is 39.3 Å². The Hall–Kier alpha value is -5.24. The highest BCUT2D eigenvalue weighted by Gasteiger charge is 2.18. The fraction of sp³-hybridized carbons (Fsp3) is 0.257. The molecule has 3 aromatic carbocycles. The lowest BCUT2D eigenvalue weighted by molar-refractivity contribution is -0.115. The highest BCUT2D eigenvalue weighted by atomic mass is 16.2. The summed E-state index contributed by atoms with van der Waals surface area (Å²) in [6.45, 7) is 9.21. The number of amides is 2. The first-order valence-corrected chi connectivity index (χ1v) is 15.0. The van der Waals surface area contributed by atoms with Crippen LogP contribution < -0.4 is 21.3 Å². The van der Waals surface area contributed by atoms with E-state index < -0.39 is 0 Å². The number of nitrogens with one attached hydrogen (secondary N) is 4. The smallest absolute Gasteiger partial charge is 0.253 e. The minimum Gasteiger partial charge on any atom is -0.351 e. The van der Waals surface area contributed by atoms with Crippen molar-refractivity contribution in [3.8, 4) is 12.3 Å². The topological polar surface area (TPSA) is 134 Å². The van der Waals surface area contributed by atoms with Gasteiger partial charge in [0.25, 0.3) is 11.8 Å². The fourth-order valence-corrected chi connectivity index (χ4v) is 5.07. The van der Waals surface area contributed by atoms with Gasteiger partial charge in [-0.15, -0.1) is 6.42 Å². The Morgan fingerprint density at radius 2 is 1.27 bits per heavy atom. The zero-order valence-electron chi connectivity index (χ0n) is 25.7. The number of aryl methyl sites for hydroxylation is 2. The van der Waals surface area contributed by atoms with Crippen molar-refractivity contribution in [2.24, 2.45) is 0 Å². The lowest BCUT2D eigenvalue weighted by Crippen LogP contribution is -2.37. The molecule has 0 saturated carbocycles. The number of terminal acetylenes is 1. The van der Waals surface area contributed by atoms with E-state index in [-0.39, 0.29) is 11.8 Å². The molecule has 0 saturated heterocycles. The molecular formula is C35H36N8O2. The molecule has 0 bridgehead atoms. The summed E-state index contributed by atoms with van der Waals surface area (Å²) in [6, 6.07) is 17.1. The summed E-state index contributed by atoms with van der Waals surface area (Å²) >= 11 is 0. The van der Waals surface area contributed by atoms with Gasteiger partial charge >= 0.3 is 0 Å². The number of carbonyl (C=O) groups excluding carboxylic acids is 2. The Morgan fingerprint density at radius 3 is 1.91 bits per heavy atom. The van der Waals surface area contributed by atoms with Crippen LogP contribution in [0, 0.1) is 26.2 Å². The van der Waals surface area contributed by atoms with Gasteiger partial charge in [0, 0.05) is 39.3 Å². The number of rotatable bonds is 12. The van der Waals surface area contributed by atoms with E-state index in [0.717, 1.165) is 27.7 Å². The van der Waals surface area contributed by atoms with Gasteiger partial charge in [0.15, 0.2) is 0 Å². The number of allylic oxidation sites excluding steroid dienone is 1. The minimum absolute atomic E-state index is 0.182. The summed E-state index contributed by atoms with van der Waals surface area (Å²) in [5.41, 5.74) is 7.95. The summed E-state index contributed by atoms with van der Waals surface area (Å²) in [4.78, 5) is 44.6. The van der Waals surface area contributed by atoms with Crippen molar-refractivity contribution < 1.29 is 9.59 Å². The van der Waals surface area contributed by atoms with Gasteiger partial charge in [-0.1, -0.05) is 36.4 Å². The Balaban J connectivity index is 1.02. The molecule has 5 rings (SSSR count). The zero-order valence-corrected chi connectivity index (χ0v) is 25.7. The number of fused-ring (bicyclic) bond motifs is 3. The predicted molar refractivity (Wildman–Crippen MR) is 179 cm³/mol. The van der Waals surface area contributed by atoms with E-state index in [1.807, 2.05) is 62.4 Å². The van der Waals surface area contributed by atoms with Crippen molar-refractivity contribution in [1.29, 1.82) is 0 Å². The minimum atomic E-state index is -0.257. The van der Waals surface area contributed by atoms with Crippen LogP contribution in [-0.2, 0) is 4.79 Å². The van der Waals surface area contributed by atoms with Crippen molar-refractivity contribution in [3.63, 3.8) is 0 Å². The van der Waals surface area contributed by atoms with Crippen molar-refractivity contribution in [1.82, 2.24) is 41.2 Å². The quantitative estimate of drug-likeness (QED) is 0.0741. The van der Waals surface area contributed by atoms with Gasteiger partial charge in [0.05, 0.1) is 38.7 Å². The lowest BCUT2D eigenvalue weighted by Gasteiger charge is -2.12. The van der Waals surface area contributed by atoms with E-state index in [4.69, 9.17) is 16.4 Å². The first-order valence-electron chi connectivity index (χ1n) is 15.0. The van der Waals surface area contributed by atoms with Gasteiger partial charge in [-0.25, -0.2) is 19.9 Å². The maximum absolute atomic E-state index is 13.0. The average molecular weight is 601 g/mol. The van der Waals surface area contributed by atoms with Crippen LogP contribution in [-0.4, -0.2) is 71.0 Å². The summed E-state index contributed by atoms with van der Waals surface area (Å²) in [6.07, 6.45) is 7.41. The summed E-state index contributed by atoms with van der Waals surface area (Å²) < 4.78 is 0. The average Bonchev–Trinajstić information content (AvgIpc) is 3.05. The molecule has 2 heterocycles. The monoisotopic (exact) mass is 600 g/mol. The molecule has 0 aliphatic carbocycles. The van der Waals surface area contributed by atoms with Crippen molar-refractivity contribution >= 4 is 50.5 Å². The van der Waals surface area contributed by atoms with E-state index in [0.29, 0.717) is 78.3 Å². The number of aromatic nitrogens is 4. The molecular weight excluding hydrogens is 564 g/mol. The Bertz CT molecular complexity index is 1960. The van der Waals surface area contributed by atoms with E-state index >= 15 is 0 Å². The van der Waals surface area contributed by atoms with Crippen LogP contribution in [0.4, 0.5) is 0 Å². The van der Waals surface area contributed by atoms with Gasteiger partial charge in [-0.05, 0) is 62.1 Å². The molecule has 10 heteroatoms. The molecule has 2 amide bonds. The van der Waals surface area contributed by atoms with Crippen molar-refractivity contribution in [2.45, 2.75) is 20.8 Å². The van der Waals surface area contributed by atoms with Gasteiger partial charge < -0.3 is 21.3 Å². The molecule has 0 spiro atoms. The van der Waals surface area contributed by atoms with Gasteiger partial charge in [0.2, 0.25) is 0 Å². The Labute approximate surface area is 262 Å². The fourth-order valence-electron chi connectivity index (χ4n) is 5.07. The first-order chi connectivity index (χ1) is 21.9. The molecule has 0 radical (unpaired) electrons. The normalized spacial score (nSPS) is 11.6. The van der Waals surface area contributed by atoms with Crippen LogP contribution in [0.3, 0.4) is 0 Å². The highest BCUT2D eigenvalue weighted by Crippen LogP contribution is 2.23. The molecule has 45 heavy (non-hydrogen) atoms. The molecule has 5 aromatic rings. The van der Waals surface area contributed by atoms with Crippen LogP contribution >= 0.6 is 0 Å². The zero-order chi connectivity index (χ0) is 31.8. The second-order valence-electron chi connectivity index (χ2n) is 10.6. The van der Waals surface area contributed by atoms with Crippen LogP contribution in [0.25, 0.3) is 38.7 Å².